The van der Waals surface area contributed by atoms with E-state index in [2.05, 4.69) is 41.2 Å². The molecule has 0 aliphatic carbocycles. The number of ether oxygens (including phenoxy) is 1. The van der Waals surface area contributed by atoms with Crippen molar-refractivity contribution in [1.82, 2.24) is 5.32 Å². The van der Waals surface area contributed by atoms with Crippen LogP contribution in [0.2, 0.25) is 5.02 Å². The summed E-state index contributed by atoms with van der Waals surface area (Å²) in [7, 11) is 0. The molecule has 2 rings (SSSR count). The molecule has 112 valence electrons. The molecule has 4 heteroatoms. The van der Waals surface area contributed by atoms with E-state index < -0.39 is 0 Å². The summed E-state index contributed by atoms with van der Waals surface area (Å²) in [5.41, 5.74) is 2.32. The fraction of sp³-hybridized carbons (Fsp3) is 0.294. The Morgan fingerprint density at radius 3 is 2.62 bits per heavy atom. The first-order valence-corrected chi connectivity index (χ1v) is 8.15. The van der Waals surface area contributed by atoms with E-state index in [1.54, 1.807) is 0 Å². The molecule has 1 unspecified atom stereocenters. The summed E-state index contributed by atoms with van der Waals surface area (Å²) in [4.78, 5) is 0. The molecule has 2 aromatic rings. The molecular formula is C17H19BrClNO. The van der Waals surface area contributed by atoms with E-state index in [-0.39, 0.29) is 0 Å². The lowest BCUT2D eigenvalue weighted by Crippen LogP contribution is -2.17. The third-order valence-corrected chi connectivity index (χ3v) is 4.25. The Kier molecular flexibility index (Phi) is 5.68. The van der Waals surface area contributed by atoms with E-state index in [1.165, 1.54) is 5.56 Å². The Hall–Kier alpha value is -1.03. The minimum atomic E-state index is 0.293. The number of hydrogen-bond donors (Lipinski definition) is 1. The van der Waals surface area contributed by atoms with E-state index in [0.717, 1.165) is 22.3 Å². The first-order valence-electron chi connectivity index (χ1n) is 6.98. The smallest absolute Gasteiger partial charge is 0.146 e. The van der Waals surface area contributed by atoms with E-state index >= 15 is 0 Å². The molecule has 21 heavy (non-hydrogen) atoms. The first kappa shape index (κ1) is 16.3. The molecule has 0 aromatic heterocycles. The molecule has 0 bridgehead atoms. The largest absolute Gasteiger partial charge is 0.456 e. The topological polar surface area (TPSA) is 21.3 Å². The molecule has 0 heterocycles. The number of rotatable bonds is 5. The number of halogens is 2. The van der Waals surface area contributed by atoms with Gasteiger partial charge in [-0.05, 0) is 55.8 Å². The van der Waals surface area contributed by atoms with Crippen LogP contribution in [0.1, 0.15) is 31.0 Å². The predicted octanol–water partition coefficient (Wildman–Crippen LogP) is 5.87. The number of nitrogens with one attached hydrogen (secondary N) is 1. The second kappa shape index (κ2) is 7.30. The fourth-order valence-electron chi connectivity index (χ4n) is 2.15. The van der Waals surface area contributed by atoms with Gasteiger partial charge in [-0.1, -0.05) is 46.6 Å². The normalized spacial score (nSPS) is 12.2. The fourth-order valence-corrected chi connectivity index (χ4v) is 3.13. The van der Waals surface area contributed by atoms with Gasteiger partial charge >= 0.3 is 0 Å². The number of benzene rings is 2. The molecule has 0 spiro atoms. The molecule has 0 aliphatic heterocycles. The third-order valence-electron chi connectivity index (χ3n) is 3.26. The van der Waals surface area contributed by atoms with Gasteiger partial charge in [0, 0.05) is 10.5 Å². The molecule has 1 atom stereocenters. The highest BCUT2D eigenvalue weighted by Gasteiger charge is 2.10. The molecule has 0 radical (unpaired) electrons. The second-order valence-corrected chi connectivity index (χ2v) is 6.26. The van der Waals surface area contributed by atoms with E-state index in [1.807, 2.05) is 37.3 Å². The van der Waals surface area contributed by atoms with Crippen molar-refractivity contribution < 1.29 is 4.74 Å². The summed E-state index contributed by atoms with van der Waals surface area (Å²) in [5.74, 6) is 1.43. The van der Waals surface area contributed by atoms with Crippen molar-refractivity contribution >= 4 is 27.5 Å². The van der Waals surface area contributed by atoms with Crippen molar-refractivity contribution in [1.29, 1.82) is 0 Å². The number of hydrogen-bond acceptors (Lipinski definition) is 2. The van der Waals surface area contributed by atoms with Crippen LogP contribution >= 0.6 is 27.5 Å². The van der Waals surface area contributed by atoms with Crippen molar-refractivity contribution in [2.75, 3.05) is 6.54 Å². The Morgan fingerprint density at radius 2 is 2.00 bits per heavy atom. The zero-order valence-corrected chi connectivity index (χ0v) is 14.8. The standard InChI is InChI=1S/C17H19BrClNO/c1-4-20-12(3)14-7-6-13(10-15(14)18)21-17-8-5-11(2)9-16(17)19/h5-10,12,20H,4H2,1-3H3. The SMILES string of the molecule is CCNC(C)c1ccc(Oc2ccc(C)cc2Cl)cc1Br. The molecule has 2 aromatic carbocycles. The maximum Gasteiger partial charge on any atom is 0.146 e. The van der Waals surface area contributed by atoms with Crippen molar-refractivity contribution in [3.05, 3.63) is 57.0 Å². The summed E-state index contributed by atoms with van der Waals surface area (Å²) in [6, 6.07) is 12.1. The minimum Gasteiger partial charge on any atom is -0.456 e. The highest BCUT2D eigenvalue weighted by atomic mass is 79.9. The van der Waals surface area contributed by atoms with Crippen molar-refractivity contribution in [3.63, 3.8) is 0 Å². The van der Waals surface area contributed by atoms with Crippen LogP contribution in [0.3, 0.4) is 0 Å². The van der Waals surface area contributed by atoms with Crippen LogP contribution in [0.4, 0.5) is 0 Å². The summed E-state index contributed by atoms with van der Waals surface area (Å²) < 4.78 is 6.88. The quantitative estimate of drug-likeness (QED) is 0.712. The molecule has 2 nitrogen and oxygen atoms in total. The lowest BCUT2D eigenvalue weighted by atomic mass is 10.1. The Bertz CT molecular complexity index is 630. The average molecular weight is 369 g/mol. The first-order chi connectivity index (χ1) is 10.0. The minimum absolute atomic E-state index is 0.293. The van der Waals surface area contributed by atoms with Crippen LogP contribution in [-0.4, -0.2) is 6.54 Å². The maximum absolute atomic E-state index is 6.20. The predicted molar refractivity (Wildman–Crippen MR) is 92.5 cm³/mol. The van der Waals surface area contributed by atoms with Gasteiger partial charge in [0.2, 0.25) is 0 Å². The number of aryl methyl sites for hydroxylation is 1. The van der Waals surface area contributed by atoms with Gasteiger partial charge in [-0.25, -0.2) is 0 Å². The Labute approximate surface area is 139 Å². The van der Waals surface area contributed by atoms with Gasteiger partial charge in [-0.2, -0.15) is 0 Å². The van der Waals surface area contributed by atoms with Crippen LogP contribution in [0.25, 0.3) is 0 Å². The van der Waals surface area contributed by atoms with Crippen LogP contribution in [0.15, 0.2) is 40.9 Å². The van der Waals surface area contributed by atoms with Gasteiger partial charge in [0.15, 0.2) is 0 Å². The van der Waals surface area contributed by atoms with E-state index in [4.69, 9.17) is 16.3 Å². The van der Waals surface area contributed by atoms with Crippen LogP contribution in [0.5, 0.6) is 11.5 Å². The molecule has 0 saturated heterocycles. The van der Waals surface area contributed by atoms with Gasteiger partial charge < -0.3 is 10.1 Å². The van der Waals surface area contributed by atoms with Gasteiger partial charge in [0.25, 0.3) is 0 Å². The summed E-state index contributed by atoms with van der Waals surface area (Å²) in [5, 5.41) is 4.02. The Morgan fingerprint density at radius 1 is 1.24 bits per heavy atom. The lowest BCUT2D eigenvalue weighted by Gasteiger charge is -2.16. The van der Waals surface area contributed by atoms with Crippen molar-refractivity contribution in [2.45, 2.75) is 26.8 Å². The third kappa shape index (κ3) is 4.22. The van der Waals surface area contributed by atoms with Gasteiger partial charge in [-0.3, -0.25) is 0 Å². The molecule has 1 N–H and O–H groups in total. The average Bonchev–Trinajstić information content (AvgIpc) is 2.42. The zero-order chi connectivity index (χ0) is 15.4. The molecule has 0 fully saturated rings. The maximum atomic E-state index is 6.20. The summed E-state index contributed by atoms with van der Waals surface area (Å²) >= 11 is 9.80. The molecule has 0 amide bonds. The van der Waals surface area contributed by atoms with Gasteiger partial charge in [0.1, 0.15) is 11.5 Å². The summed E-state index contributed by atoms with van der Waals surface area (Å²) in [6.07, 6.45) is 0. The van der Waals surface area contributed by atoms with Gasteiger partial charge in [-0.15, -0.1) is 0 Å². The second-order valence-electron chi connectivity index (χ2n) is 5.00. The molecular weight excluding hydrogens is 350 g/mol. The van der Waals surface area contributed by atoms with Crippen molar-refractivity contribution in [2.24, 2.45) is 0 Å². The monoisotopic (exact) mass is 367 g/mol. The molecule has 0 saturated carbocycles. The Balaban J connectivity index is 2.20. The van der Waals surface area contributed by atoms with E-state index in [9.17, 15) is 0 Å². The highest BCUT2D eigenvalue weighted by molar-refractivity contribution is 9.10. The molecule has 0 aliphatic rings. The van der Waals surface area contributed by atoms with Crippen molar-refractivity contribution in [3.8, 4) is 11.5 Å². The zero-order valence-electron chi connectivity index (χ0n) is 12.4. The lowest BCUT2D eigenvalue weighted by molar-refractivity contribution is 0.481. The highest BCUT2D eigenvalue weighted by Crippen LogP contribution is 2.33. The van der Waals surface area contributed by atoms with Crippen LogP contribution < -0.4 is 10.1 Å². The summed E-state index contributed by atoms with van der Waals surface area (Å²) in [6.45, 7) is 7.18. The van der Waals surface area contributed by atoms with Crippen LogP contribution in [0, 0.1) is 6.92 Å². The van der Waals surface area contributed by atoms with Gasteiger partial charge in [0.05, 0.1) is 5.02 Å². The van der Waals surface area contributed by atoms with Crippen LogP contribution in [-0.2, 0) is 0 Å². The van der Waals surface area contributed by atoms with E-state index in [0.29, 0.717) is 16.8 Å².